The van der Waals surface area contributed by atoms with Crippen molar-refractivity contribution in [2.45, 2.75) is 6.42 Å². The molecule has 4 aromatic rings. The molecule has 0 radical (unpaired) electrons. The second-order valence-electron chi connectivity index (χ2n) is 6.91. The minimum absolute atomic E-state index is 0.580. The monoisotopic (exact) mass is 361 g/mol. The van der Waals surface area contributed by atoms with Crippen LogP contribution in [0.2, 0.25) is 0 Å². The highest BCUT2D eigenvalue weighted by molar-refractivity contribution is 6.13. The van der Waals surface area contributed by atoms with E-state index in [1.54, 1.807) is 4.80 Å². The van der Waals surface area contributed by atoms with Crippen LogP contribution in [0.3, 0.4) is 0 Å². The molecule has 6 heteroatoms. The number of fused-ring (bicyclic) bond motifs is 5. The van der Waals surface area contributed by atoms with Crippen molar-refractivity contribution in [3.8, 4) is 0 Å². The summed E-state index contributed by atoms with van der Waals surface area (Å²) >= 11 is 0. The highest BCUT2D eigenvalue weighted by Gasteiger charge is 2.11. The van der Waals surface area contributed by atoms with E-state index in [1.807, 2.05) is 31.3 Å². The van der Waals surface area contributed by atoms with Gasteiger partial charge in [0, 0.05) is 35.1 Å². The lowest BCUT2D eigenvalue weighted by atomic mass is 10.1. The molecule has 1 heterocycles. The summed E-state index contributed by atoms with van der Waals surface area (Å²) in [6.07, 6.45) is 0.928. The van der Waals surface area contributed by atoms with Gasteiger partial charge in [-0.15, -0.1) is 0 Å². The molecule has 0 saturated heterocycles. The van der Waals surface area contributed by atoms with Crippen molar-refractivity contribution >= 4 is 32.6 Å². The molecule has 1 aromatic heterocycles. The van der Waals surface area contributed by atoms with Gasteiger partial charge >= 0.3 is 0 Å². The van der Waals surface area contributed by atoms with Crippen LogP contribution >= 0.6 is 0 Å². The Bertz CT molecular complexity index is 1100. The fourth-order valence-corrected chi connectivity index (χ4v) is 3.36. The van der Waals surface area contributed by atoms with Gasteiger partial charge in [0.2, 0.25) is 0 Å². The van der Waals surface area contributed by atoms with Crippen molar-refractivity contribution in [3.05, 3.63) is 53.9 Å². The topological polar surface area (TPSA) is 55.5 Å². The van der Waals surface area contributed by atoms with Crippen LogP contribution in [-0.4, -0.2) is 47.1 Å². The lowest BCUT2D eigenvalue weighted by Gasteiger charge is -2.07. The molecule has 138 valence electrons. The first-order chi connectivity index (χ1) is 13.1. The zero-order valence-electron chi connectivity index (χ0n) is 15.9. The Morgan fingerprint density at radius 1 is 0.889 bits per heavy atom. The van der Waals surface area contributed by atoms with E-state index in [-0.39, 0.29) is 0 Å². The largest absolute Gasteiger partial charge is 0.395 e. The molecule has 0 bridgehead atoms. The van der Waals surface area contributed by atoms with Gasteiger partial charge in [-0.2, -0.15) is 15.0 Å². The minimum Gasteiger partial charge on any atom is -0.395 e. The summed E-state index contributed by atoms with van der Waals surface area (Å²) in [5, 5.41) is 18.7. The molecular formula is C21H23N5O. The second kappa shape index (κ2) is 7.32. The molecule has 0 atom stereocenters. The van der Waals surface area contributed by atoms with Crippen molar-refractivity contribution in [1.29, 1.82) is 0 Å². The van der Waals surface area contributed by atoms with Gasteiger partial charge in [-0.1, -0.05) is 53.7 Å². The van der Waals surface area contributed by atoms with E-state index in [2.05, 4.69) is 58.6 Å². The number of aromatic nitrogens is 3. The number of rotatable bonds is 5. The standard InChI is InChI=1S/C21H23N5O/c1-25(2)13-8-14-27-24-19-15-9-4-6-11-17(15)20-21(23-26(3)22-20)18-12-7-5-10-16(18)19/h4-7,9-12H,8,13-14H2,1-3H3. The van der Waals surface area contributed by atoms with Crippen LogP contribution in [0.1, 0.15) is 6.42 Å². The Balaban J connectivity index is 1.99. The van der Waals surface area contributed by atoms with Crippen molar-refractivity contribution in [2.24, 2.45) is 12.2 Å². The predicted molar refractivity (Wildman–Crippen MR) is 108 cm³/mol. The third-order valence-electron chi connectivity index (χ3n) is 4.59. The molecule has 27 heavy (non-hydrogen) atoms. The van der Waals surface area contributed by atoms with Gasteiger partial charge in [-0.25, -0.2) is 0 Å². The SMILES string of the molecule is CN(C)CCCON=c1c2ccccc2c2nn(C)nc2c2ccccc12. The summed E-state index contributed by atoms with van der Waals surface area (Å²) in [6.45, 7) is 1.55. The molecule has 0 aliphatic rings. The van der Waals surface area contributed by atoms with Crippen LogP contribution in [0.15, 0.2) is 53.7 Å². The second-order valence-corrected chi connectivity index (χ2v) is 6.91. The van der Waals surface area contributed by atoms with Crippen LogP contribution in [-0.2, 0) is 11.9 Å². The fraction of sp³-hybridized carbons (Fsp3) is 0.286. The average Bonchev–Trinajstić information content (AvgIpc) is 3.02. The van der Waals surface area contributed by atoms with Gasteiger partial charge in [0.1, 0.15) is 23.0 Å². The van der Waals surface area contributed by atoms with Gasteiger partial charge in [0.05, 0.1) is 0 Å². The maximum Gasteiger partial charge on any atom is 0.121 e. The zero-order valence-corrected chi connectivity index (χ0v) is 15.9. The lowest BCUT2D eigenvalue weighted by molar-refractivity contribution is 0.126. The van der Waals surface area contributed by atoms with Crippen LogP contribution in [0.5, 0.6) is 0 Å². The first-order valence-corrected chi connectivity index (χ1v) is 9.10. The number of hydrogen-bond donors (Lipinski definition) is 0. The maximum atomic E-state index is 5.71. The summed E-state index contributed by atoms with van der Waals surface area (Å²) in [5.41, 5.74) is 1.75. The van der Waals surface area contributed by atoms with Gasteiger partial charge < -0.3 is 9.74 Å². The van der Waals surface area contributed by atoms with E-state index in [0.29, 0.717) is 6.61 Å². The fourth-order valence-electron chi connectivity index (χ4n) is 3.36. The van der Waals surface area contributed by atoms with Gasteiger partial charge in [0.15, 0.2) is 0 Å². The predicted octanol–water partition coefficient (Wildman–Crippen LogP) is 3.06. The summed E-state index contributed by atoms with van der Waals surface area (Å²) in [7, 11) is 5.96. The molecule has 0 aliphatic heterocycles. The number of aryl methyl sites for hydroxylation is 1. The molecule has 4 rings (SSSR count). The number of hydrogen-bond acceptors (Lipinski definition) is 5. The molecular weight excluding hydrogens is 338 g/mol. The molecule has 0 amide bonds. The Kier molecular flexibility index (Phi) is 4.73. The van der Waals surface area contributed by atoms with Crippen molar-refractivity contribution in [1.82, 2.24) is 19.9 Å². The summed E-state index contributed by atoms with van der Waals surface area (Å²) < 4.78 is 0. The molecule has 0 aliphatic carbocycles. The van der Waals surface area contributed by atoms with E-state index in [4.69, 9.17) is 4.84 Å². The molecule has 0 N–H and O–H groups in total. The van der Waals surface area contributed by atoms with E-state index in [0.717, 1.165) is 50.9 Å². The van der Waals surface area contributed by atoms with Crippen LogP contribution in [0.25, 0.3) is 32.6 Å². The number of benzene rings is 2. The van der Waals surface area contributed by atoms with Gasteiger partial charge in [-0.3, -0.25) is 0 Å². The third kappa shape index (κ3) is 3.36. The average molecular weight is 361 g/mol. The van der Waals surface area contributed by atoms with Crippen LogP contribution in [0, 0.1) is 0 Å². The van der Waals surface area contributed by atoms with Crippen molar-refractivity contribution < 1.29 is 4.84 Å². The Morgan fingerprint density at radius 3 is 1.93 bits per heavy atom. The van der Waals surface area contributed by atoms with E-state index >= 15 is 0 Å². The number of nitrogens with zero attached hydrogens (tertiary/aromatic N) is 5. The zero-order chi connectivity index (χ0) is 18.8. The summed E-state index contributed by atoms with van der Waals surface area (Å²) in [5.74, 6) is 0. The van der Waals surface area contributed by atoms with Crippen molar-refractivity contribution in [3.63, 3.8) is 0 Å². The van der Waals surface area contributed by atoms with Gasteiger partial charge in [-0.05, 0) is 20.5 Å². The van der Waals surface area contributed by atoms with Crippen molar-refractivity contribution in [2.75, 3.05) is 27.2 Å². The summed E-state index contributed by atoms with van der Waals surface area (Å²) in [6, 6.07) is 16.3. The Morgan fingerprint density at radius 2 is 1.41 bits per heavy atom. The van der Waals surface area contributed by atoms with E-state index in [1.165, 1.54) is 0 Å². The molecule has 0 fully saturated rings. The maximum absolute atomic E-state index is 5.71. The quantitative estimate of drug-likeness (QED) is 0.405. The minimum atomic E-state index is 0.580. The van der Waals surface area contributed by atoms with E-state index in [9.17, 15) is 0 Å². The normalized spacial score (nSPS) is 11.6. The first-order valence-electron chi connectivity index (χ1n) is 9.10. The Hall–Kier alpha value is -2.99. The van der Waals surface area contributed by atoms with Crippen LogP contribution < -0.4 is 5.36 Å². The highest BCUT2D eigenvalue weighted by atomic mass is 16.6. The molecule has 0 saturated carbocycles. The Labute approximate surface area is 157 Å². The van der Waals surface area contributed by atoms with Crippen LogP contribution in [0.4, 0.5) is 0 Å². The lowest BCUT2D eigenvalue weighted by Crippen LogP contribution is -2.14. The smallest absolute Gasteiger partial charge is 0.121 e. The van der Waals surface area contributed by atoms with Gasteiger partial charge in [0.25, 0.3) is 0 Å². The highest BCUT2D eigenvalue weighted by Crippen LogP contribution is 2.25. The molecule has 0 unspecified atom stereocenters. The van der Waals surface area contributed by atoms with E-state index < -0.39 is 0 Å². The first kappa shape index (κ1) is 17.4. The third-order valence-corrected chi connectivity index (χ3v) is 4.59. The molecule has 3 aromatic carbocycles. The molecule has 6 nitrogen and oxygen atoms in total. The molecule has 0 spiro atoms. The summed E-state index contributed by atoms with van der Waals surface area (Å²) in [4.78, 5) is 9.47.